The number of rotatable bonds is 7. The molecule has 1 unspecified atom stereocenters. The van der Waals surface area contributed by atoms with Crippen molar-refractivity contribution in [2.45, 2.75) is 32.7 Å². The third-order valence-corrected chi connectivity index (χ3v) is 3.00. The lowest BCUT2D eigenvalue weighted by Gasteiger charge is -2.13. The molecule has 1 aromatic rings. The van der Waals surface area contributed by atoms with Gasteiger partial charge in [0.25, 0.3) is 5.91 Å². The minimum absolute atomic E-state index is 0.0251. The lowest BCUT2D eigenvalue weighted by atomic mass is 10.1. The van der Waals surface area contributed by atoms with Gasteiger partial charge in [-0.2, -0.15) is 0 Å². The van der Waals surface area contributed by atoms with Gasteiger partial charge in [-0.1, -0.05) is 6.92 Å². The molecule has 1 rings (SSSR count). The molecule has 1 atom stereocenters. The van der Waals surface area contributed by atoms with Crippen molar-refractivity contribution in [3.8, 4) is 0 Å². The van der Waals surface area contributed by atoms with Gasteiger partial charge in [-0.15, -0.1) is 0 Å². The fourth-order valence-corrected chi connectivity index (χ4v) is 1.68. The van der Waals surface area contributed by atoms with Crippen LogP contribution in [0.5, 0.6) is 0 Å². The maximum Gasteiger partial charge on any atom is 0.250 e. The summed E-state index contributed by atoms with van der Waals surface area (Å²) in [4.78, 5) is 22.9. The minimum Gasteiger partial charge on any atom is -0.399 e. The van der Waals surface area contributed by atoms with E-state index < -0.39 is 5.91 Å². The number of nitrogens with two attached hydrogens (primary N) is 2. The quantitative estimate of drug-likeness (QED) is 0.559. The molecule has 6 nitrogen and oxygen atoms in total. The molecule has 6 N–H and O–H groups in total. The number of primary amides is 1. The largest absolute Gasteiger partial charge is 0.399 e. The van der Waals surface area contributed by atoms with Crippen LogP contribution in [0, 0.1) is 0 Å². The summed E-state index contributed by atoms with van der Waals surface area (Å²) >= 11 is 0. The molecule has 6 heteroatoms. The first-order chi connectivity index (χ1) is 9.43. The second-order valence-electron chi connectivity index (χ2n) is 4.72. The van der Waals surface area contributed by atoms with E-state index in [4.69, 9.17) is 11.5 Å². The normalized spacial score (nSPS) is 11.7. The number of carbonyl (C=O) groups is 2. The van der Waals surface area contributed by atoms with E-state index in [1.807, 2.05) is 13.8 Å². The fraction of sp³-hybridized carbons (Fsp3) is 0.429. The molecule has 0 spiro atoms. The van der Waals surface area contributed by atoms with E-state index in [2.05, 4.69) is 10.6 Å². The van der Waals surface area contributed by atoms with E-state index >= 15 is 0 Å². The van der Waals surface area contributed by atoms with E-state index in [-0.39, 0.29) is 11.9 Å². The van der Waals surface area contributed by atoms with Crippen molar-refractivity contribution in [3.05, 3.63) is 23.8 Å². The lowest BCUT2D eigenvalue weighted by molar-refractivity contribution is -0.121. The third-order valence-electron chi connectivity index (χ3n) is 3.00. The third kappa shape index (κ3) is 4.79. The van der Waals surface area contributed by atoms with Crippen LogP contribution in [0.25, 0.3) is 0 Å². The molecule has 0 aliphatic carbocycles. The molecular formula is C14H22N4O2. The first-order valence-corrected chi connectivity index (χ1v) is 6.66. The summed E-state index contributed by atoms with van der Waals surface area (Å²) in [5, 5.41) is 5.90. The average molecular weight is 278 g/mol. The van der Waals surface area contributed by atoms with Gasteiger partial charge in [0.1, 0.15) is 0 Å². The van der Waals surface area contributed by atoms with Gasteiger partial charge < -0.3 is 22.1 Å². The number of hydrogen-bond acceptors (Lipinski definition) is 4. The number of carbonyl (C=O) groups excluding carboxylic acids is 2. The molecule has 0 radical (unpaired) electrons. The monoisotopic (exact) mass is 278 g/mol. The Balaban J connectivity index is 2.54. The molecule has 1 aromatic carbocycles. The highest BCUT2D eigenvalue weighted by Gasteiger charge is 2.09. The molecule has 20 heavy (non-hydrogen) atoms. The molecule has 0 saturated heterocycles. The Kier molecular flexibility index (Phi) is 5.83. The summed E-state index contributed by atoms with van der Waals surface area (Å²) < 4.78 is 0. The number of benzene rings is 1. The summed E-state index contributed by atoms with van der Waals surface area (Å²) in [6, 6.07) is 5.04. The first-order valence-electron chi connectivity index (χ1n) is 6.66. The van der Waals surface area contributed by atoms with Crippen LogP contribution < -0.4 is 22.1 Å². The van der Waals surface area contributed by atoms with Crippen LogP contribution in [0.4, 0.5) is 11.4 Å². The van der Waals surface area contributed by atoms with Crippen molar-refractivity contribution >= 4 is 23.2 Å². The van der Waals surface area contributed by atoms with Crippen LogP contribution >= 0.6 is 0 Å². The first kappa shape index (κ1) is 15.8. The van der Waals surface area contributed by atoms with Crippen LogP contribution in [0.15, 0.2) is 18.2 Å². The van der Waals surface area contributed by atoms with Crippen molar-refractivity contribution < 1.29 is 9.59 Å². The van der Waals surface area contributed by atoms with Crippen molar-refractivity contribution in [2.75, 3.05) is 17.6 Å². The van der Waals surface area contributed by atoms with E-state index in [1.165, 1.54) is 6.07 Å². The Morgan fingerprint density at radius 1 is 1.35 bits per heavy atom. The second-order valence-corrected chi connectivity index (χ2v) is 4.72. The maximum atomic E-state index is 11.6. The number of nitrogens with one attached hydrogen (secondary N) is 2. The van der Waals surface area contributed by atoms with E-state index in [0.717, 1.165) is 6.42 Å². The second kappa shape index (κ2) is 7.37. The predicted molar refractivity (Wildman–Crippen MR) is 80.4 cm³/mol. The van der Waals surface area contributed by atoms with Gasteiger partial charge in [0, 0.05) is 30.4 Å². The average Bonchev–Trinajstić information content (AvgIpc) is 2.39. The van der Waals surface area contributed by atoms with Crippen LogP contribution in [0.2, 0.25) is 0 Å². The van der Waals surface area contributed by atoms with E-state index in [9.17, 15) is 9.59 Å². The van der Waals surface area contributed by atoms with Gasteiger partial charge in [0.15, 0.2) is 0 Å². The Labute approximate surface area is 118 Å². The predicted octanol–water partition coefficient (Wildman–Crippen LogP) is 1.08. The maximum absolute atomic E-state index is 11.6. The smallest absolute Gasteiger partial charge is 0.250 e. The molecule has 0 fully saturated rings. The molecule has 110 valence electrons. The van der Waals surface area contributed by atoms with Gasteiger partial charge in [0.2, 0.25) is 5.91 Å². The molecular weight excluding hydrogens is 256 g/mol. The summed E-state index contributed by atoms with van der Waals surface area (Å²) in [6.45, 7) is 4.39. The van der Waals surface area contributed by atoms with Crippen LogP contribution in [0.1, 0.15) is 37.0 Å². The number of anilines is 2. The summed E-state index contributed by atoms with van der Waals surface area (Å²) in [5.74, 6) is -0.577. The van der Waals surface area contributed by atoms with Gasteiger partial charge in [0.05, 0.1) is 5.56 Å². The Bertz CT molecular complexity index is 488. The zero-order chi connectivity index (χ0) is 15.1. The van der Waals surface area contributed by atoms with Gasteiger partial charge >= 0.3 is 0 Å². The highest BCUT2D eigenvalue weighted by atomic mass is 16.2. The molecule has 2 amide bonds. The fourth-order valence-electron chi connectivity index (χ4n) is 1.68. The molecule has 0 aromatic heterocycles. The SMILES string of the molecule is CCC(C)NC(=O)CCNc1ccc(N)cc1C(N)=O. The minimum atomic E-state index is -0.552. The topological polar surface area (TPSA) is 110 Å². The van der Waals surface area contributed by atoms with Gasteiger partial charge in [-0.05, 0) is 31.5 Å². The molecule has 0 aliphatic heterocycles. The number of amides is 2. The van der Waals surface area contributed by atoms with E-state index in [0.29, 0.717) is 29.9 Å². The summed E-state index contributed by atoms with van der Waals surface area (Å²) in [6.07, 6.45) is 1.22. The summed E-state index contributed by atoms with van der Waals surface area (Å²) in [5.41, 5.74) is 12.3. The van der Waals surface area contributed by atoms with Gasteiger partial charge in [-0.25, -0.2) is 0 Å². The van der Waals surface area contributed by atoms with E-state index in [1.54, 1.807) is 12.1 Å². The van der Waals surface area contributed by atoms with Crippen molar-refractivity contribution in [3.63, 3.8) is 0 Å². The Morgan fingerprint density at radius 2 is 2.05 bits per heavy atom. The van der Waals surface area contributed by atoms with Crippen LogP contribution in [-0.4, -0.2) is 24.4 Å². The molecule has 0 saturated carbocycles. The van der Waals surface area contributed by atoms with Crippen LogP contribution in [0.3, 0.4) is 0 Å². The lowest BCUT2D eigenvalue weighted by Crippen LogP contribution is -2.33. The highest BCUT2D eigenvalue weighted by Crippen LogP contribution is 2.18. The Morgan fingerprint density at radius 3 is 2.65 bits per heavy atom. The number of hydrogen-bond donors (Lipinski definition) is 4. The zero-order valence-electron chi connectivity index (χ0n) is 11.9. The summed E-state index contributed by atoms with van der Waals surface area (Å²) in [7, 11) is 0. The van der Waals surface area contributed by atoms with Crippen molar-refractivity contribution in [1.82, 2.24) is 5.32 Å². The Hall–Kier alpha value is -2.24. The van der Waals surface area contributed by atoms with Gasteiger partial charge in [-0.3, -0.25) is 9.59 Å². The molecule has 0 heterocycles. The standard InChI is InChI=1S/C14H22N4O2/c1-3-9(2)18-13(19)6-7-17-12-5-4-10(15)8-11(12)14(16)20/h4-5,8-9,17H,3,6-7,15H2,1-2H3,(H2,16,20)(H,18,19). The molecule has 0 bridgehead atoms. The zero-order valence-corrected chi connectivity index (χ0v) is 11.9. The molecule has 0 aliphatic rings. The van der Waals surface area contributed by atoms with Crippen molar-refractivity contribution in [1.29, 1.82) is 0 Å². The highest BCUT2D eigenvalue weighted by molar-refractivity contribution is 5.99. The number of nitrogen functional groups attached to an aromatic ring is 1. The van der Waals surface area contributed by atoms with Crippen LogP contribution in [-0.2, 0) is 4.79 Å². The van der Waals surface area contributed by atoms with Crippen molar-refractivity contribution in [2.24, 2.45) is 5.73 Å².